The summed E-state index contributed by atoms with van der Waals surface area (Å²) in [6.45, 7) is 20.7. The molecule has 0 nitrogen and oxygen atoms in total. The molecule has 0 bridgehead atoms. The molecule has 0 aromatic carbocycles. The van der Waals surface area contributed by atoms with Crippen LogP contribution in [0.2, 0.25) is 10.6 Å². The van der Waals surface area contributed by atoms with Gasteiger partial charge in [0.2, 0.25) is 0 Å². The Hall–Kier alpha value is 1.30. The summed E-state index contributed by atoms with van der Waals surface area (Å²) in [5.41, 5.74) is 0. The van der Waals surface area contributed by atoms with Crippen LogP contribution in [0.25, 0.3) is 0 Å². The standard InChI is InChI=1S/4C4H9.Al.Mg/c2*1-4(2)3;2*1-3-4-2;;/h2*4H,1H2,2-3H3;2*1,3-4H2,2H3;;/q;;2*-1;+1;+2. The smallest absolute Gasteiger partial charge is 0.343 e. The van der Waals surface area contributed by atoms with Gasteiger partial charge in [0, 0.05) is 0 Å². The van der Waals surface area contributed by atoms with Crippen molar-refractivity contribution >= 4 is 38.3 Å². The molecule has 0 spiro atoms. The van der Waals surface area contributed by atoms with Gasteiger partial charge in [0.25, 0.3) is 0 Å². The fourth-order valence-corrected chi connectivity index (χ4v) is 2.29. The van der Waals surface area contributed by atoms with Gasteiger partial charge in [-0.1, -0.05) is 26.7 Å². The van der Waals surface area contributed by atoms with Gasteiger partial charge < -0.3 is 13.8 Å². The third-order valence-electron chi connectivity index (χ3n) is 1.98. The second-order valence-corrected chi connectivity index (χ2v) is 6.78. The summed E-state index contributed by atoms with van der Waals surface area (Å²) in [7, 11) is 0. The molecule has 2 heteroatoms. The SMILES string of the molecule is CC(C)[CH2][Al+][CH2]C(C)C.[CH2-]CCC.[CH2-]CCC.[Mg+2]. The van der Waals surface area contributed by atoms with E-state index in [4.69, 9.17) is 0 Å². The molecule has 0 rings (SSSR count). The van der Waals surface area contributed by atoms with Crippen molar-refractivity contribution in [2.24, 2.45) is 11.8 Å². The molecule has 0 amide bonds. The average Bonchev–Trinajstić information content (AvgIpc) is 2.29. The van der Waals surface area contributed by atoms with Crippen LogP contribution in [0, 0.1) is 25.7 Å². The molecule has 0 N–H and O–H groups in total. The van der Waals surface area contributed by atoms with E-state index in [1.807, 2.05) is 0 Å². The number of hydrogen-bond acceptors (Lipinski definition) is 0. The van der Waals surface area contributed by atoms with Crippen molar-refractivity contribution in [3.8, 4) is 0 Å². The van der Waals surface area contributed by atoms with Crippen molar-refractivity contribution in [1.82, 2.24) is 0 Å². The average molecular weight is 280 g/mol. The largest absolute Gasteiger partial charge is 2.00 e. The Morgan fingerprint density at radius 1 is 0.778 bits per heavy atom. The van der Waals surface area contributed by atoms with E-state index in [0.717, 1.165) is 39.9 Å². The minimum absolute atomic E-state index is 0. The fraction of sp³-hybridized carbons (Fsp3) is 0.875. The van der Waals surface area contributed by atoms with E-state index in [1.165, 1.54) is 23.4 Å². The summed E-state index contributed by atoms with van der Waals surface area (Å²) in [4.78, 5) is 0. The second-order valence-electron chi connectivity index (χ2n) is 5.25. The van der Waals surface area contributed by atoms with Crippen LogP contribution in [-0.2, 0) is 0 Å². The van der Waals surface area contributed by atoms with Crippen LogP contribution in [0.15, 0.2) is 0 Å². The first-order valence-corrected chi connectivity index (χ1v) is 8.99. The van der Waals surface area contributed by atoms with Crippen LogP contribution in [0.5, 0.6) is 0 Å². The summed E-state index contributed by atoms with van der Waals surface area (Å²) in [5, 5.41) is 2.97. The zero-order chi connectivity index (χ0) is 14.1. The second kappa shape index (κ2) is 26.8. The molecular formula is C16H36AlMg+. The Morgan fingerprint density at radius 3 is 1.11 bits per heavy atom. The normalized spacial score (nSPS) is 8.56. The molecule has 0 saturated carbocycles. The third-order valence-corrected chi connectivity index (χ3v) is 4.54. The molecule has 0 aromatic rings. The maximum absolute atomic E-state index is 3.60. The van der Waals surface area contributed by atoms with Crippen molar-refractivity contribution in [3.05, 3.63) is 13.8 Å². The molecule has 0 fully saturated rings. The topological polar surface area (TPSA) is 0 Å². The van der Waals surface area contributed by atoms with Crippen LogP contribution >= 0.6 is 0 Å². The predicted molar refractivity (Wildman–Crippen MR) is 91.3 cm³/mol. The fourth-order valence-electron chi connectivity index (χ4n) is 0.763. The van der Waals surface area contributed by atoms with Crippen molar-refractivity contribution in [2.75, 3.05) is 0 Å². The van der Waals surface area contributed by atoms with E-state index >= 15 is 0 Å². The minimum Gasteiger partial charge on any atom is -0.343 e. The van der Waals surface area contributed by atoms with E-state index in [-0.39, 0.29) is 23.1 Å². The molecule has 0 saturated heterocycles. The van der Waals surface area contributed by atoms with Crippen molar-refractivity contribution < 1.29 is 0 Å². The maximum Gasteiger partial charge on any atom is 2.00 e. The molecule has 0 aliphatic carbocycles. The van der Waals surface area contributed by atoms with E-state index in [1.54, 1.807) is 0 Å². The van der Waals surface area contributed by atoms with Crippen molar-refractivity contribution in [1.29, 1.82) is 0 Å². The molecule has 104 valence electrons. The zero-order valence-corrected chi connectivity index (χ0v) is 16.7. The summed E-state index contributed by atoms with van der Waals surface area (Å²) in [6.07, 6.45) is 4.56. The monoisotopic (exact) mass is 279 g/mol. The van der Waals surface area contributed by atoms with Crippen LogP contribution in [-0.4, -0.2) is 38.3 Å². The van der Waals surface area contributed by atoms with Crippen LogP contribution in [0.3, 0.4) is 0 Å². The molecule has 0 heterocycles. The summed E-state index contributed by atoms with van der Waals surface area (Å²) in [6, 6.07) is 0. The Kier molecular flexibility index (Phi) is 41.1. The van der Waals surface area contributed by atoms with Gasteiger partial charge in [-0.15, -0.1) is 0 Å². The molecule has 18 heavy (non-hydrogen) atoms. The summed E-state index contributed by atoms with van der Waals surface area (Å²) in [5.74, 6) is 1.86. The summed E-state index contributed by atoms with van der Waals surface area (Å²) >= 11 is 0.755. The van der Waals surface area contributed by atoms with Crippen LogP contribution < -0.4 is 0 Å². The van der Waals surface area contributed by atoms with Gasteiger partial charge in [-0.3, -0.25) is 0 Å². The first-order valence-electron chi connectivity index (χ1n) is 7.36. The molecule has 0 unspecified atom stereocenters. The number of unbranched alkanes of at least 4 members (excludes halogenated alkanes) is 2. The predicted octanol–water partition coefficient (Wildman–Crippen LogP) is 5.70. The number of hydrogen-bond donors (Lipinski definition) is 0. The van der Waals surface area contributed by atoms with Gasteiger partial charge in [0.05, 0.1) is 0 Å². The third kappa shape index (κ3) is 53.1. The zero-order valence-electron chi connectivity index (χ0n) is 14.1. The van der Waals surface area contributed by atoms with E-state index < -0.39 is 0 Å². The van der Waals surface area contributed by atoms with Crippen LogP contribution in [0.1, 0.15) is 67.2 Å². The Labute approximate surface area is 141 Å². The van der Waals surface area contributed by atoms with E-state index in [2.05, 4.69) is 55.4 Å². The first-order chi connectivity index (χ1) is 7.95. The number of rotatable bonds is 6. The molecule has 0 aromatic heterocycles. The maximum atomic E-state index is 3.60. The van der Waals surface area contributed by atoms with E-state index in [0.29, 0.717) is 0 Å². The minimum atomic E-state index is 0. The van der Waals surface area contributed by atoms with Crippen LogP contribution in [0.4, 0.5) is 0 Å². The first kappa shape index (κ1) is 27.6. The molecule has 0 atom stereocenters. The Balaban J connectivity index is -0.0000000922. The van der Waals surface area contributed by atoms with Gasteiger partial charge >= 0.3 is 88.4 Å². The van der Waals surface area contributed by atoms with Gasteiger partial charge in [0.15, 0.2) is 0 Å². The molecule has 0 aliphatic heterocycles. The quantitative estimate of drug-likeness (QED) is 0.432. The Morgan fingerprint density at radius 2 is 1.00 bits per heavy atom. The van der Waals surface area contributed by atoms with E-state index in [9.17, 15) is 0 Å². The van der Waals surface area contributed by atoms with Gasteiger partial charge in [-0.25, -0.2) is 0 Å². The van der Waals surface area contributed by atoms with Crippen molar-refractivity contribution in [2.45, 2.75) is 77.8 Å². The van der Waals surface area contributed by atoms with Gasteiger partial charge in [0.1, 0.15) is 0 Å². The van der Waals surface area contributed by atoms with Gasteiger partial charge in [-0.2, -0.15) is 12.8 Å². The molecular weight excluding hydrogens is 243 g/mol. The Bertz CT molecular complexity index is 87.3. The molecule has 0 radical (unpaired) electrons. The van der Waals surface area contributed by atoms with Crippen molar-refractivity contribution in [3.63, 3.8) is 0 Å². The molecule has 0 aliphatic rings. The summed E-state index contributed by atoms with van der Waals surface area (Å²) < 4.78 is 0. The van der Waals surface area contributed by atoms with Gasteiger partial charge in [-0.05, 0) is 0 Å².